The molecule has 0 saturated heterocycles. The van der Waals surface area contributed by atoms with Crippen molar-refractivity contribution in [1.82, 2.24) is 0 Å². The first-order chi connectivity index (χ1) is 7.90. The van der Waals surface area contributed by atoms with Crippen molar-refractivity contribution >= 4 is 10.0 Å². The Balaban J connectivity index is 2.49. The quantitative estimate of drug-likeness (QED) is 0.840. The van der Waals surface area contributed by atoms with Gasteiger partial charge in [-0.2, -0.15) is 0 Å². The molecule has 0 bridgehead atoms. The first-order valence-electron chi connectivity index (χ1n) is 5.63. The van der Waals surface area contributed by atoms with Crippen molar-refractivity contribution in [2.45, 2.75) is 20.3 Å². The maximum absolute atomic E-state index is 10.9. The van der Waals surface area contributed by atoms with Crippen LogP contribution in [-0.4, -0.2) is 20.8 Å². The van der Waals surface area contributed by atoms with Crippen LogP contribution in [-0.2, 0) is 16.4 Å². The molecule has 0 aliphatic heterocycles. The number of primary sulfonamides is 1. The molecule has 0 aliphatic rings. The Morgan fingerprint density at radius 2 is 2.12 bits per heavy atom. The molecule has 0 radical (unpaired) electrons. The minimum atomic E-state index is -3.42. The van der Waals surface area contributed by atoms with Gasteiger partial charge in [0.15, 0.2) is 0 Å². The highest BCUT2D eigenvalue weighted by Crippen LogP contribution is 2.14. The van der Waals surface area contributed by atoms with E-state index >= 15 is 0 Å². The smallest absolute Gasteiger partial charge is 0.209 e. The van der Waals surface area contributed by atoms with Crippen LogP contribution in [0.4, 0.5) is 0 Å². The Hall–Kier alpha value is -1.07. The number of hydrogen-bond acceptors (Lipinski definition) is 3. The fourth-order valence-electron chi connectivity index (χ4n) is 1.54. The highest BCUT2D eigenvalue weighted by Gasteiger charge is 2.11. The molecule has 96 valence electrons. The summed E-state index contributed by atoms with van der Waals surface area (Å²) < 4.78 is 27.3. The molecule has 0 amide bonds. The SMILES string of the molecule is CCc1cccc(OCC(C)CS(N)(=O)=O)c1. The predicted octanol–water partition coefficient (Wildman–Crippen LogP) is 1.55. The number of aryl methyl sites for hydroxylation is 1. The Labute approximate surface area is 103 Å². The van der Waals surface area contributed by atoms with Gasteiger partial charge in [-0.3, -0.25) is 0 Å². The van der Waals surface area contributed by atoms with Gasteiger partial charge in [0.05, 0.1) is 12.4 Å². The van der Waals surface area contributed by atoms with Crippen LogP contribution >= 0.6 is 0 Å². The van der Waals surface area contributed by atoms with Crippen molar-refractivity contribution in [2.24, 2.45) is 11.1 Å². The molecule has 0 aliphatic carbocycles. The minimum Gasteiger partial charge on any atom is -0.493 e. The summed E-state index contributed by atoms with van der Waals surface area (Å²) in [5, 5.41) is 4.97. The van der Waals surface area contributed by atoms with Gasteiger partial charge in [0.25, 0.3) is 0 Å². The molecule has 1 aromatic carbocycles. The molecule has 4 nitrogen and oxygen atoms in total. The number of nitrogens with two attached hydrogens (primary N) is 1. The van der Waals surface area contributed by atoms with E-state index in [1.165, 1.54) is 5.56 Å². The molecule has 0 saturated carbocycles. The van der Waals surface area contributed by atoms with Crippen LogP contribution in [0, 0.1) is 5.92 Å². The third kappa shape index (κ3) is 5.70. The molecule has 1 atom stereocenters. The van der Waals surface area contributed by atoms with Gasteiger partial charge in [-0.05, 0) is 24.1 Å². The molecule has 0 aromatic heterocycles. The Kier molecular flexibility index (Phi) is 4.96. The van der Waals surface area contributed by atoms with E-state index < -0.39 is 10.0 Å². The summed E-state index contributed by atoms with van der Waals surface area (Å²) in [5.74, 6) is 0.599. The molecule has 1 rings (SSSR count). The third-order valence-corrected chi connectivity index (χ3v) is 3.39. The Bertz CT molecular complexity index is 457. The molecule has 0 fully saturated rings. The summed E-state index contributed by atoms with van der Waals surface area (Å²) >= 11 is 0. The van der Waals surface area contributed by atoms with Crippen molar-refractivity contribution < 1.29 is 13.2 Å². The Morgan fingerprint density at radius 3 is 2.71 bits per heavy atom. The van der Waals surface area contributed by atoms with Gasteiger partial charge >= 0.3 is 0 Å². The largest absolute Gasteiger partial charge is 0.493 e. The van der Waals surface area contributed by atoms with Gasteiger partial charge in [0.2, 0.25) is 10.0 Å². The highest BCUT2D eigenvalue weighted by atomic mass is 32.2. The van der Waals surface area contributed by atoms with Crippen LogP contribution in [0.5, 0.6) is 5.75 Å². The average molecular weight is 257 g/mol. The lowest BCUT2D eigenvalue weighted by molar-refractivity contribution is 0.271. The zero-order valence-electron chi connectivity index (χ0n) is 10.2. The molecule has 0 heterocycles. The molecule has 1 aromatic rings. The fourth-order valence-corrected chi connectivity index (χ4v) is 2.43. The summed E-state index contributed by atoms with van der Waals surface area (Å²) in [4.78, 5) is 0. The maximum atomic E-state index is 10.9. The van der Waals surface area contributed by atoms with E-state index in [1.807, 2.05) is 24.3 Å². The third-order valence-electron chi connectivity index (χ3n) is 2.36. The van der Waals surface area contributed by atoms with Crippen molar-refractivity contribution in [1.29, 1.82) is 0 Å². The molecular formula is C12H19NO3S. The molecule has 5 heteroatoms. The van der Waals surface area contributed by atoms with Crippen LogP contribution in [0.3, 0.4) is 0 Å². The van der Waals surface area contributed by atoms with Crippen LogP contribution in [0.2, 0.25) is 0 Å². The first-order valence-corrected chi connectivity index (χ1v) is 7.34. The molecule has 2 N–H and O–H groups in total. The van der Waals surface area contributed by atoms with Gasteiger partial charge in [-0.15, -0.1) is 0 Å². The Morgan fingerprint density at radius 1 is 1.41 bits per heavy atom. The summed E-state index contributed by atoms with van der Waals surface area (Å²) in [5.41, 5.74) is 1.20. The van der Waals surface area contributed by atoms with E-state index in [0.717, 1.165) is 12.2 Å². The second-order valence-corrected chi connectivity index (χ2v) is 5.91. The van der Waals surface area contributed by atoms with Crippen LogP contribution in [0.1, 0.15) is 19.4 Å². The molecule has 1 unspecified atom stereocenters. The summed E-state index contributed by atoms with van der Waals surface area (Å²) in [6.45, 7) is 4.22. The predicted molar refractivity (Wildman–Crippen MR) is 68.5 cm³/mol. The normalized spacial score (nSPS) is 13.4. The van der Waals surface area contributed by atoms with Gasteiger partial charge < -0.3 is 4.74 Å². The van der Waals surface area contributed by atoms with Crippen LogP contribution in [0.25, 0.3) is 0 Å². The average Bonchev–Trinajstić information content (AvgIpc) is 2.24. The van der Waals surface area contributed by atoms with Gasteiger partial charge in [0.1, 0.15) is 5.75 Å². The van der Waals surface area contributed by atoms with Crippen molar-refractivity contribution in [3.63, 3.8) is 0 Å². The standard InChI is InChI=1S/C12H19NO3S/c1-3-11-5-4-6-12(7-11)16-8-10(2)9-17(13,14)15/h4-7,10H,3,8-9H2,1-2H3,(H2,13,14,15). The van der Waals surface area contributed by atoms with E-state index in [2.05, 4.69) is 6.92 Å². The lowest BCUT2D eigenvalue weighted by atomic mass is 10.2. The zero-order valence-corrected chi connectivity index (χ0v) is 11.0. The van der Waals surface area contributed by atoms with Gasteiger partial charge in [-0.1, -0.05) is 26.0 Å². The minimum absolute atomic E-state index is 0.0551. The number of rotatable bonds is 6. The molecule has 17 heavy (non-hydrogen) atoms. The topological polar surface area (TPSA) is 69.4 Å². The monoisotopic (exact) mass is 257 g/mol. The van der Waals surface area contributed by atoms with E-state index in [0.29, 0.717) is 6.61 Å². The van der Waals surface area contributed by atoms with E-state index in [-0.39, 0.29) is 11.7 Å². The highest BCUT2D eigenvalue weighted by molar-refractivity contribution is 7.89. The number of ether oxygens (including phenoxy) is 1. The number of benzene rings is 1. The second-order valence-electron chi connectivity index (χ2n) is 4.25. The number of sulfonamides is 1. The van der Waals surface area contributed by atoms with Crippen molar-refractivity contribution in [3.05, 3.63) is 29.8 Å². The second kappa shape index (κ2) is 6.02. The van der Waals surface area contributed by atoms with E-state index in [4.69, 9.17) is 9.88 Å². The van der Waals surface area contributed by atoms with Crippen molar-refractivity contribution in [2.75, 3.05) is 12.4 Å². The van der Waals surface area contributed by atoms with Gasteiger partial charge in [0, 0.05) is 5.92 Å². The first kappa shape index (κ1) is 14.0. The zero-order chi connectivity index (χ0) is 12.9. The van der Waals surface area contributed by atoms with Crippen LogP contribution in [0.15, 0.2) is 24.3 Å². The molecule has 0 spiro atoms. The maximum Gasteiger partial charge on any atom is 0.209 e. The summed E-state index contributed by atoms with van der Waals surface area (Å²) in [6, 6.07) is 7.78. The molecular weight excluding hydrogens is 238 g/mol. The fraction of sp³-hybridized carbons (Fsp3) is 0.500. The lowest BCUT2D eigenvalue weighted by Gasteiger charge is -2.12. The van der Waals surface area contributed by atoms with Crippen molar-refractivity contribution in [3.8, 4) is 5.75 Å². The van der Waals surface area contributed by atoms with Gasteiger partial charge in [-0.25, -0.2) is 13.6 Å². The van der Waals surface area contributed by atoms with E-state index in [1.54, 1.807) is 6.92 Å². The summed E-state index contributed by atoms with van der Waals surface area (Å²) in [6.07, 6.45) is 0.948. The number of hydrogen-bond donors (Lipinski definition) is 1. The van der Waals surface area contributed by atoms with E-state index in [9.17, 15) is 8.42 Å². The lowest BCUT2D eigenvalue weighted by Crippen LogP contribution is -2.25. The summed E-state index contributed by atoms with van der Waals surface area (Å²) in [7, 11) is -3.42. The van der Waals surface area contributed by atoms with Crippen LogP contribution < -0.4 is 9.88 Å².